The summed E-state index contributed by atoms with van der Waals surface area (Å²) in [4.78, 5) is 13.2. The molecule has 2 fully saturated rings. The van der Waals surface area contributed by atoms with Gasteiger partial charge in [-0.05, 0) is 50.0 Å². The highest BCUT2D eigenvalue weighted by atomic mass is 16.4. The van der Waals surface area contributed by atoms with Crippen LogP contribution in [0.5, 0.6) is 0 Å². The second kappa shape index (κ2) is 4.74. The summed E-state index contributed by atoms with van der Waals surface area (Å²) in [5.74, 6) is 1.81. The number of likely N-dealkylation sites (tertiary alicyclic amines) is 1. The Balaban J connectivity index is 1.76. The summed E-state index contributed by atoms with van der Waals surface area (Å²) in [5, 5.41) is 9.09. The summed E-state index contributed by atoms with van der Waals surface area (Å²) in [6, 6.07) is -0.196. The van der Waals surface area contributed by atoms with E-state index in [2.05, 4.69) is 18.7 Å². The van der Waals surface area contributed by atoms with Gasteiger partial charge in [0.1, 0.15) is 6.04 Å². The molecule has 0 radical (unpaired) electrons. The molecule has 1 heterocycles. The fraction of sp³-hybridized carbons (Fsp3) is 0.923. The SMILES string of the molecule is CC(C)C1CC(CN2CCC[C@H]2C(=O)O)C1. The molecule has 16 heavy (non-hydrogen) atoms. The zero-order chi connectivity index (χ0) is 11.7. The molecule has 1 aliphatic heterocycles. The minimum atomic E-state index is -0.628. The number of aliphatic carboxylic acids is 1. The van der Waals surface area contributed by atoms with Crippen LogP contribution in [0.15, 0.2) is 0 Å². The third-order valence-corrected chi connectivity index (χ3v) is 4.36. The monoisotopic (exact) mass is 225 g/mol. The molecule has 1 saturated heterocycles. The van der Waals surface area contributed by atoms with E-state index in [0.717, 1.165) is 43.7 Å². The predicted molar refractivity (Wildman–Crippen MR) is 63.3 cm³/mol. The molecule has 2 aliphatic rings. The van der Waals surface area contributed by atoms with Gasteiger partial charge in [-0.15, -0.1) is 0 Å². The number of nitrogens with zero attached hydrogens (tertiary/aromatic N) is 1. The van der Waals surface area contributed by atoms with Gasteiger partial charge in [-0.3, -0.25) is 9.69 Å². The summed E-state index contributed by atoms with van der Waals surface area (Å²) in [6.07, 6.45) is 4.51. The van der Waals surface area contributed by atoms with Crippen molar-refractivity contribution < 1.29 is 9.90 Å². The second-order valence-electron chi connectivity index (χ2n) is 5.83. The Bertz CT molecular complexity index is 259. The lowest BCUT2D eigenvalue weighted by Gasteiger charge is -2.40. The standard InChI is InChI=1S/C13H23NO2/c1-9(2)11-6-10(7-11)8-14-5-3-4-12(14)13(15)16/h9-12H,3-8H2,1-2H3,(H,15,16)/t10?,11?,12-/m0/s1. The quantitative estimate of drug-likeness (QED) is 0.797. The van der Waals surface area contributed by atoms with Crippen LogP contribution in [0.1, 0.15) is 39.5 Å². The highest BCUT2D eigenvalue weighted by molar-refractivity contribution is 5.73. The van der Waals surface area contributed by atoms with Crippen molar-refractivity contribution in [3.05, 3.63) is 0 Å². The Morgan fingerprint density at radius 2 is 2.12 bits per heavy atom. The smallest absolute Gasteiger partial charge is 0.320 e. The van der Waals surface area contributed by atoms with Gasteiger partial charge >= 0.3 is 5.97 Å². The van der Waals surface area contributed by atoms with Crippen LogP contribution >= 0.6 is 0 Å². The van der Waals surface area contributed by atoms with Crippen LogP contribution in [0.4, 0.5) is 0 Å². The van der Waals surface area contributed by atoms with E-state index < -0.39 is 5.97 Å². The van der Waals surface area contributed by atoms with Gasteiger partial charge in [0.25, 0.3) is 0 Å². The lowest BCUT2D eigenvalue weighted by Crippen LogP contribution is -2.42. The molecular formula is C13H23NO2. The largest absolute Gasteiger partial charge is 0.480 e. The first-order valence-electron chi connectivity index (χ1n) is 6.54. The minimum absolute atomic E-state index is 0.196. The van der Waals surface area contributed by atoms with Crippen molar-refractivity contribution >= 4 is 5.97 Å². The average molecular weight is 225 g/mol. The topological polar surface area (TPSA) is 40.5 Å². The van der Waals surface area contributed by atoms with Gasteiger partial charge in [0.15, 0.2) is 0 Å². The van der Waals surface area contributed by atoms with Gasteiger partial charge in [0, 0.05) is 6.54 Å². The summed E-state index contributed by atoms with van der Waals surface area (Å²) >= 11 is 0. The van der Waals surface area contributed by atoms with Gasteiger partial charge in [0.2, 0.25) is 0 Å². The lowest BCUT2D eigenvalue weighted by atomic mass is 9.69. The highest BCUT2D eigenvalue weighted by Crippen LogP contribution is 2.39. The molecule has 1 atom stereocenters. The van der Waals surface area contributed by atoms with Crippen LogP contribution in [-0.4, -0.2) is 35.1 Å². The van der Waals surface area contributed by atoms with Gasteiger partial charge < -0.3 is 5.11 Å². The zero-order valence-electron chi connectivity index (χ0n) is 10.4. The van der Waals surface area contributed by atoms with Crippen LogP contribution in [0, 0.1) is 17.8 Å². The van der Waals surface area contributed by atoms with Crippen molar-refractivity contribution in [2.24, 2.45) is 17.8 Å². The second-order valence-corrected chi connectivity index (χ2v) is 5.83. The Morgan fingerprint density at radius 3 is 2.69 bits per heavy atom. The Morgan fingerprint density at radius 1 is 1.44 bits per heavy atom. The zero-order valence-corrected chi connectivity index (χ0v) is 10.4. The molecule has 3 heteroatoms. The third kappa shape index (κ3) is 2.40. The normalized spacial score (nSPS) is 35.3. The van der Waals surface area contributed by atoms with Gasteiger partial charge in [-0.25, -0.2) is 0 Å². The molecule has 0 bridgehead atoms. The predicted octanol–water partition coefficient (Wildman–Crippen LogP) is 2.22. The lowest BCUT2D eigenvalue weighted by molar-refractivity contribution is -0.142. The van der Waals surface area contributed by atoms with E-state index in [4.69, 9.17) is 5.11 Å². The molecule has 0 spiro atoms. The van der Waals surface area contributed by atoms with E-state index in [1.807, 2.05) is 0 Å². The molecule has 3 nitrogen and oxygen atoms in total. The maximum Gasteiger partial charge on any atom is 0.320 e. The summed E-state index contributed by atoms with van der Waals surface area (Å²) < 4.78 is 0. The maximum absolute atomic E-state index is 11.0. The fourth-order valence-corrected chi connectivity index (χ4v) is 3.14. The number of rotatable bonds is 4. The van der Waals surface area contributed by atoms with Crippen molar-refractivity contribution in [2.45, 2.75) is 45.6 Å². The maximum atomic E-state index is 11.0. The first-order valence-corrected chi connectivity index (χ1v) is 6.54. The van der Waals surface area contributed by atoms with Gasteiger partial charge in [-0.2, -0.15) is 0 Å². The molecule has 0 aromatic heterocycles. The minimum Gasteiger partial charge on any atom is -0.480 e. The molecule has 1 aliphatic carbocycles. The van der Waals surface area contributed by atoms with E-state index >= 15 is 0 Å². The molecule has 0 aromatic rings. The molecule has 0 aromatic carbocycles. The van der Waals surface area contributed by atoms with E-state index in [1.54, 1.807) is 0 Å². The van der Waals surface area contributed by atoms with Crippen LogP contribution in [0.2, 0.25) is 0 Å². The number of carboxylic acid groups (broad SMARTS) is 1. The van der Waals surface area contributed by atoms with Crippen molar-refractivity contribution in [1.29, 1.82) is 0 Å². The number of carbonyl (C=O) groups is 1. The van der Waals surface area contributed by atoms with E-state index in [1.165, 1.54) is 12.8 Å². The van der Waals surface area contributed by atoms with Crippen molar-refractivity contribution in [1.82, 2.24) is 4.90 Å². The Kier molecular flexibility index (Phi) is 3.53. The third-order valence-electron chi connectivity index (χ3n) is 4.36. The highest BCUT2D eigenvalue weighted by Gasteiger charge is 2.36. The van der Waals surface area contributed by atoms with Crippen LogP contribution in [0.3, 0.4) is 0 Å². The summed E-state index contributed by atoms with van der Waals surface area (Å²) in [5.41, 5.74) is 0. The molecular weight excluding hydrogens is 202 g/mol. The van der Waals surface area contributed by atoms with Gasteiger partial charge in [0.05, 0.1) is 0 Å². The van der Waals surface area contributed by atoms with Crippen molar-refractivity contribution in [3.8, 4) is 0 Å². The van der Waals surface area contributed by atoms with Gasteiger partial charge in [-0.1, -0.05) is 13.8 Å². The molecule has 0 amide bonds. The molecule has 2 rings (SSSR count). The number of hydrogen-bond acceptors (Lipinski definition) is 2. The first kappa shape index (κ1) is 11.9. The Hall–Kier alpha value is -0.570. The number of hydrogen-bond donors (Lipinski definition) is 1. The van der Waals surface area contributed by atoms with Crippen molar-refractivity contribution in [3.63, 3.8) is 0 Å². The summed E-state index contributed by atoms with van der Waals surface area (Å²) in [7, 11) is 0. The molecule has 1 saturated carbocycles. The Labute approximate surface area is 97.8 Å². The average Bonchev–Trinajstić information content (AvgIpc) is 2.57. The van der Waals surface area contributed by atoms with E-state index in [9.17, 15) is 4.79 Å². The van der Waals surface area contributed by atoms with Crippen LogP contribution in [0.25, 0.3) is 0 Å². The van der Waals surface area contributed by atoms with Crippen LogP contribution in [-0.2, 0) is 4.79 Å². The number of carboxylic acids is 1. The van der Waals surface area contributed by atoms with Crippen LogP contribution < -0.4 is 0 Å². The fourth-order valence-electron chi connectivity index (χ4n) is 3.14. The molecule has 0 unspecified atom stereocenters. The summed E-state index contributed by atoms with van der Waals surface area (Å²) in [6.45, 7) is 6.58. The van der Waals surface area contributed by atoms with E-state index in [-0.39, 0.29) is 6.04 Å². The van der Waals surface area contributed by atoms with E-state index in [0.29, 0.717) is 0 Å². The molecule has 92 valence electrons. The van der Waals surface area contributed by atoms with Crippen molar-refractivity contribution in [2.75, 3.05) is 13.1 Å². The first-order chi connectivity index (χ1) is 7.58. The molecule has 1 N–H and O–H groups in total.